The van der Waals surface area contributed by atoms with E-state index in [0.29, 0.717) is 19.0 Å². The van der Waals surface area contributed by atoms with E-state index < -0.39 is 11.1 Å². The van der Waals surface area contributed by atoms with E-state index in [0.717, 1.165) is 38.2 Å². The van der Waals surface area contributed by atoms with Gasteiger partial charge in [0.15, 0.2) is 5.75 Å². The van der Waals surface area contributed by atoms with Gasteiger partial charge in [-0.2, -0.15) is 0 Å². The van der Waals surface area contributed by atoms with Gasteiger partial charge in [-0.25, -0.2) is 4.39 Å². The summed E-state index contributed by atoms with van der Waals surface area (Å²) in [7, 11) is 1.44. The summed E-state index contributed by atoms with van der Waals surface area (Å²) in [6.07, 6.45) is 1.96. The fourth-order valence-electron chi connectivity index (χ4n) is 3.58. The predicted octanol–water partition coefficient (Wildman–Crippen LogP) is 2.62. The lowest BCUT2D eigenvalue weighted by molar-refractivity contribution is -0.385. The van der Waals surface area contributed by atoms with Gasteiger partial charge in [0.05, 0.1) is 12.0 Å². The smallest absolute Gasteiger partial charge is 0.311 e. The Balaban J connectivity index is 1.64. The lowest BCUT2D eigenvalue weighted by atomic mass is 10.0. The molecular weight excluding hydrogens is 301 g/mol. The molecule has 1 atom stereocenters. The van der Waals surface area contributed by atoms with Gasteiger partial charge in [0, 0.05) is 50.0 Å². The SMILES string of the molecule is COc1cc(N2CCC(N3CCC(F)C3)CC2)ccc1[N+](=O)[O-]. The molecule has 0 aliphatic carbocycles. The number of halogens is 1. The third kappa shape index (κ3) is 3.39. The second-order valence-corrected chi connectivity index (χ2v) is 6.21. The highest BCUT2D eigenvalue weighted by Crippen LogP contribution is 2.33. The zero-order valence-corrected chi connectivity index (χ0v) is 13.3. The highest BCUT2D eigenvalue weighted by molar-refractivity contribution is 5.59. The summed E-state index contributed by atoms with van der Waals surface area (Å²) in [5.41, 5.74) is 0.924. The number of piperidine rings is 1. The normalized spacial score (nSPS) is 23.2. The van der Waals surface area contributed by atoms with Crippen LogP contribution in [0, 0.1) is 10.1 Å². The van der Waals surface area contributed by atoms with Crippen molar-refractivity contribution >= 4 is 11.4 Å². The lowest BCUT2D eigenvalue weighted by Gasteiger charge is -2.37. The third-order valence-electron chi connectivity index (χ3n) is 4.87. The maximum absolute atomic E-state index is 13.3. The number of hydrogen-bond acceptors (Lipinski definition) is 5. The Morgan fingerprint density at radius 1 is 1.26 bits per heavy atom. The van der Waals surface area contributed by atoms with E-state index in [2.05, 4.69) is 9.80 Å². The summed E-state index contributed by atoms with van der Waals surface area (Å²) in [6, 6.07) is 5.45. The van der Waals surface area contributed by atoms with Crippen LogP contribution in [-0.4, -0.2) is 55.3 Å². The molecule has 0 radical (unpaired) electrons. The van der Waals surface area contributed by atoms with Gasteiger partial charge in [-0.15, -0.1) is 0 Å². The van der Waals surface area contributed by atoms with Gasteiger partial charge in [-0.05, 0) is 25.3 Å². The van der Waals surface area contributed by atoms with Crippen LogP contribution in [0.5, 0.6) is 5.75 Å². The Kier molecular flexibility index (Phi) is 4.66. The fraction of sp³-hybridized carbons (Fsp3) is 0.625. The second-order valence-electron chi connectivity index (χ2n) is 6.21. The first-order chi connectivity index (χ1) is 11.1. The number of likely N-dealkylation sites (tertiary alicyclic amines) is 1. The topological polar surface area (TPSA) is 58.8 Å². The number of nitro groups is 1. The van der Waals surface area contributed by atoms with Crippen LogP contribution >= 0.6 is 0 Å². The minimum Gasteiger partial charge on any atom is -0.490 e. The molecule has 1 unspecified atom stereocenters. The van der Waals surface area contributed by atoms with E-state index in [-0.39, 0.29) is 11.4 Å². The highest BCUT2D eigenvalue weighted by atomic mass is 19.1. The molecule has 0 aromatic heterocycles. The third-order valence-corrected chi connectivity index (χ3v) is 4.87. The molecular formula is C16H22FN3O3. The zero-order valence-electron chi connectivity index (χ0n) is 13.3. The summed E-state index contributed by atoms with van der Waals surface area (Å²) in [5.74, 6) is 0.287. The number of ether oxygens (including phenoxy) is 1. The molecule has 126 valence electrons. The molecule has 0 amide bonds. The first kappa shape index (κ1) is 16.0. The number of nitrogens with zero attached hydrogens (tertiary/aromatic N) is 3. The summed E-state index contributed by atoms with van der Waals surface area (Å²) < 4.78 is 18.5. The number of alkyl halides is 1. The summed E-state index contributed by atoms with van der Waals surface area (Å²) in [6.45, 7) is 3.17. The standard InChI is InChI=1S/C16H22FN3O3/c1-23-16-10-14(2-3-15(16)20(21)22)18-8-5-13(6-9-18)19-7-4-12(17)11-19/h2-3,10,12-13H,4-9,11H2,1H3. The Morgan fingerprint density at radius 2 is 2.00 bits per heavy atom. The molecule has 2 saturated heterocycles. The van der Waals surface area contributed by atoms with Crippen LogP contribution in [0.4, 0.5) is 15.8 Å². The molecule has 3 rings (SSSR count). The van der Waals surface area contributed by atoms with Crippen LogP contribution in [0.3, 0.4) is 0 Å². The summed E-state index contributed by atoms with van der Waals surface area (Å²) in [4.78, 5) is 15.0. The predicted molar refractivity (Wildman–Crippen MR) is 86.0 cm³/mol. The van der Waals surface area contributed by atoms with Crippen molar-refractivity contribution in [3.63, 3.8) is 0 Å². The minimum absolute atomic E-state index is 0.0165. The van der Waals surface area contributed by atoms with E-state index in [1.807, 2.05) is 0 Å². The van der Waals surface area contributed by atoms with Crippen molar-refractivity contribution < 1.29 is 14.1 Å². The van der Waals surface area contributed by atoms with Gasteiger partial charge < -0.3 is 9.64 Å². The fourth-order valence-corrected chi connectivity index (χ4v) is 3.58. The monoisotopic (exact) mass is 323 g/mol. The van der Waals surface area contributed by atoms with Crippen molar-refractivity contribution in [2.24, 2.45) is 0 Å². The van der Waals surface area contributed by atoms with Crippen LogP contribution in [0.25, 0.3) is 0 Å². The van der Waals surface area contributed by atoms with Gasteiger partial charge in [0.1, 0.15) is 6.17 Å². The Bertz CT molecular complexity index is 576. The van der Waals surface area contributed by atoms with E-state index in [1.54, 1.807) is 12.1 Å². The molecule has 23 heavy (non-hydrogen) atoms. The molecule has 2 heterocycles. The van der Waals surface area contributed by atoms with Crippen LogP contribution < -0.4 is 9.64 Å². The van der Waals surface area contributed by atoms with E-state index in [4.69, 9.17) is 4.74 Å². The minimum atomic E-state index is -0.674. The Labute approximate surface area is 135 Å². The van der Waals surface area contributed by atoms with Crippen LogP contribution in [0.1, 0.15) is 19.3 Å². The van der Waals surface area contributed by atoms with Crippen molar-refractivity contribution in [3.05, 3.63) is 28.3 Å². The molecule has 1 aromatic rings. The molecule has 2 aliphatic rings. The zero-order chi connectivity index (χ0) is 16.4. The highest BCUT2D eigenvalue weighted by Gasteiger charge is 2.31. The molecule has 6 nitrogen and oxygen atoms in total. The number of benzene rings is 1. The van der Waals surface area contributed by atoms with Gasteiger partial charge in [0.25, 0.3) is 0 Å². The van der Waals surface area contributed by atoms with Gasteiger partial charge in [0.2, 0.25) is 0 Å². The molecule has 7 heteroatoms. The quantitative estimate of drug-likeness (QED) is 0.630. The first-order valence-electron chi connectivity index (χ1n) is 8.04. The van der Waals surface area contributed by atoms with Crippen molar-refractivity contribution in [2.75, 3.05) is 38.2 Å². The second kappa shape index (κ2) is 6.70. The van der Waals surface area contributed by atoms with Gasteiger partial charge >= 0.3 is 5.69 Å². The van der Waals surface area contributed by atoms with Gasteiger partial charge in [-0.3, -0.25) is 15.0 Å². The molecule has 0 N–H and O–H groups in total. The molecule has 0 saturated carbocycles. The maximum atomic E-state index is 13.3. The summed E-state index contributed by atoms with van der Waals surface area (Å²) >= 11 is 0. The number of methoxy groups -OCH3 is 1. The lowest BCUT2D eigenvalue weighted by Crippen LogP contribution is -2.44. The molecule has 2 aliphatic heterocycles. The van der Waals surface area contributed by atoms with E-state index in [9.17, 15) is 14.5 Å². The Morgan fingerprint density at radius 3 is 2.57 bits per heavy atom. The van der Waals surface area contributed by atoms with Crippen molar-refractivity contribution in [1.29, 1.82) is 0 Å². The van der Waals surface area contributed by atoms with Gasteiger partial charge in [-0.1, -0.05) is 0 Å². The molecule has 1 aromatic carbocycles. The largest absolute Gasteiger partial charge is 0.490 e. The molecule has 0 spiro atoms. The molecule has 2 fully saturated rings. The van der Waals surface area contributed by atoms with E-state index >= 15 is 0 Å². The van der Waals surface area contributed by atoms with Crippen LogP contribution in [0.15, 0.2) is 18.2 Å². The van der Waals surface area contributed by atoms with Crippen molar-refractivity contribution in [2.45, 2.75) is 31.5 Å². The average Bonchev–Trinajstić information content (AvgIpc) is 3.00. The van der Waals surface area contributed by atoms with Crippen LogP contribution in [0.2, 0.25) is 0 Å². The number of anilines is 1. The maximum Gasteiger partial charge on any atom is 0.311 e. The average molecular weight is 323 g/mol. The van der Waals surface area contributed by atoms with Crippen molar-refractivity contribution in [1.82, 2.24) is 4.90 Å². The first-order valence-corrected chi connectivity index (χ1v) is 8.04. The Hall–Kier alpha value is -1.89. The summed E-state index contributed by atoms with van der Waals surface area (Å²) in [5, 5.41) is 11.0. The van der Waals surface area contributed by atoms with Crippen LogP contribution in [-0.2, 0) is 0 Å². The van der Waals surface area contributed by atoms with Crippen molar-refractivity contribution in [3.8, 4) is 5.75 Å². The number of nitro benzene ring substituents is 1. The van der Waals surface area contributed by atoms with E-state index in [1.165, 1.54) is 13.2 Å². The number of hydrogen-bond donors (Lipinski definition) is 0. The number of rotatable bonds is 4. The molecule has 0 bridgehead atoms.